The summed E-state index contributed by atoms with van der Waals surface area (Å²) < 4.78 is 5.37. The Morgan fingerprint density at radius 3 is 2.41 bits per heavy atom. The number of hydrogen-bond acceptors (Lipinski definition) is 6. The molecular weight excluding hydrogens is 454 g/mol. The van der Waals surface area contributed by atoms with Crippen LogP contribution in [0.1, 0.15) is 40.0 Å². The molecule has 3 amide bonds. The van der Waals surface area contributed by atoms with Gasteiger partial charge in [-0.2, -0.15) is 0 Å². The topological polar surface area (TPSA) is 113 Å². The zero-order valence-corrected chi connectivity index (χ0v) is 20.5. The highest BCUT2D eigenvalue weighted by Crippen LogP contribution is 2.27. The first kappa shape index (κ1) is 25.8. The number of anilines is 1. The molecule has 1 fully saturated rings. The van der Waals surface area contributed by atoms with Crippen LogP contribution in [-0.4, -0.2) is 64.6 Å². The molecule has 32 heavy (non-hydrogen) atoms. The number of carbonyl (C=O) groups excluding carboxylic acids is 3. The number of amides is 3. The molecule has 3 atom stereocenters. The molecule has 0 aromatic carbocycles. The van der Waals surface area contributed by atoms with E-state index in [4.69, 9.17) is 28.6 Å². The van der Waals surface area contributed by atoms with Crippen LogP contribution in [0, 0.1) is 5.92 Å². The van der Waals surface area contributed by atoms with Crippen molar-refractivity contribution in [2.75, 3.05) is 19.4 Å². The second kappa shape index (κ2) is 10.9. The first-order valence-corrected chi connectivity index (χ1v) is 11.1. The summed E-state index contributed by atoms with van der Waals surface area (Å²) in [6, 6.07) is 2.38. The highest BCUT2D eigenvalue weighted by molar-refractivity contribution is 7.82. The van der Waals surface area contributed by atoms with Crippen molar-refractivity contribution in [2.45, 2.75) is 57.7 Å². The number of halogens is 1. The van der Waals surface area contributed by atoms with Crippen molar-refractivity contribution < 1.29 is 19.1 Å². The molecule has 1 aromatic rings. The average Bonchev–Trinajstić information content (AvgIpc) is 2.68. The van der Waals surface area contributed by atoms with E-state index in [1.807, 2.05) is 0 Å². The molecule has 0 radical (unpaired) electrons. The zero-order valence-electron chi connectivity index (χ0n) is 18.9. The van der Waals surface area contributed by atoms with Gasteiger partial charge in [0.25, 0.3) is 5.91 Å². The molecule has 1 aliphatic rings. The van der Waals surface area contributed by atoms with Gasteiger partial charge >= 0.3 is 6.09 Å². The van der Waals surface area contributed by atoms with Crippen LogP contribution in [0.5, 0.6) is 0 Å². The molecule has 11 heteroatoms. The number of hydrogen-bond donors (Lipinski definition) is 3. The average molecular weight is 484 g/mol. The van der Waals surface area contributed by atoms with Gasteiger partial charge in [-0.1, -0.05) is 23.8 Å². The van der Waals surface area contributed by atoms with Gasteiger partial charge in [0.1, 0.15) is 10.8 Å². The largest absolute Gasteiger partial charge is 0.444 e. The third-order valence-electron chi connectivity index (χ3n) is 4.85. The molecule has 3 N–H and O–H groups in total. The number of thiocarbonyl (C=S) groups is 1. The third kappa shape index (κ3) is 7.90. The molecule has 0 saturated heterocycles. The molecule has 1 unspecified atom stereocenters. The minimum atomic E-state index is -0.664. The minimum absolute atomic E-state index is 0.00463. The molecule has 2 rings (SSSR count). The lowest BCUT2D eigenvalue weighted by Crippen LogP contribution is -2.57. The van der Waals surface area contributed by atoms with Gasteiger partial charge in [0, 0.05) is 26.1 Å². The summed E-state index contributed by atoms with van der Waals surface area (Å²) in [6.45, 7) is 5.31. The fraction of sp³-hybridized carbons (Fsp3) is 0.571. The van der Waals surface area contributed by atoms with Gasteiger partial charge in [0.2, 0.25) is 5.91 Å². The summed E-state index contributed by atoms with van der Waals surface area (Å²) in [5.74, 6) is -0.757. The second-order valence-corrected chi connectivity index (χ2v) is 9.69. The van der Waals surface area contributed by atoms with Crippen LogP contribution in [0.25, 0.3) is 0 Å². The number of rotatable bonds is 4. The highest BCUT2D eigenvalue weighted by atomic mass is 35.5. The number of pyridine rings is 1. The molecule has 1 saturated carbocycles. The Labute approximate surface area is 198 Å². The van der Waals surface area contributed by atoms with E-state index in [2.05, 4.69) is 20.9 Å². The molecular formula is C21H30ClN5O4S. The van der Waals surface area contributed by atoms with Crippen molar-refractivity contribution in [1.29, 1.82) is 0 Å². The van der Waals surface area contributed by atoms with E-state index in [9.17, 15) is 14.4 Å². The lowest BCUT2D eigenvalue weighted by molar-refractivity contribution is -0.134. The molecule has 1 aliphatic carbocycles. The Hall–Kier alpha value is -2.46. The van der Waals surface area contributed by atoms with Gasteiger partial charge in [-0.3, -0.25) is 9.59 Å². The van der Waals surface area contributed by atoms with E-state index in [1.165, 1.54) is 6.20 Å². The number of aromatic nitrogens is 1. The molecule has 1 heterocycles. The van der Waals surface area contributed by atoms with Crippen molar-refractivity contribution in [3.63, 3.8) is 0 Å². The first-order valence-electron chi connectivity index (χ1n) is 10.3. The number of ether oxygens (including phenoxy) is 1. The summed E-state index contributed by atoms with van der Waals surface area (Å²) >= 11 is 11.0. The number of carbonyl (C=O) groups is 3. The standard InChI is InChI=1S/C21H30ClN5O4S/c1-21(2,3)31-20(30)26-15-10-12(19(29)27(4)5)6-8-14(15)25-18(32)17(28)24-13-7-9-16(22)23-11-13/h7,9,11-12,14-15H,6,8,10H2,1-5H3,(H,24,28)(H,25,32)(H,26,30)/t12-,14?,15+/m0/s1. The fourth-order valence-electron chi connectivity index (χ4n) is 3.42. The molecule has 9 nitrogen and oxygen atoms in total. The molecule has 0 bridgehead atoms. The Morgan fingerprint density at radius 1 is 1.16 bits per heavy atom. The van der Waals surface area contributed by atoms with Gasteiger partial charge in [0.05, 0.1) is 17.9 Å². The Morgan fingerprint density at radius 2 is 1.84 bits per heavy atom. The lowest BCUT2D eigenvalue weighted by Gasteiger charge is -2.37. The predicted molar refractivity (Wildman–Crippen MR) is 127 cm³/mol. The predicted octanol–water partition coefficient (Wildman–Crippen LogP) is 2.74. The summed E-state index contributed by atoms with van der Waals surface area (Å²) in [4.78, 5) is 42.8. The fourth-order valence-corrected chi connectivity index (χ4v) is 3.74. The Balaban J connectivity index is 2.07. The van der Waals surface area contributed by atoms with Gasteiger partial charge in [-0.15, -0.1) is 0 Å². The Bertz CT molecular complexity index is 857. The normalized spacial score (nSPS) is 20.6. The van der Waals surface area contributed by atoms with Crippen LogP contribution < -0.4 is 16.0 Å². The van der Waals surface area contributed by atoms with Crippen LogP contribution in [0.2, 0.25) is 5.15 Å². The number of nitrogens with zero attached hydrogens (tertiary/aromatic N) is 2. The molecule has 0 spiro atoms. The van der Waals surface area contributed by atoms with Gasteiger partial charge in [-0.25, -0.2) is 9.78 Å². The summed E-state index contributed by atoms with van der Waals surface area (Å²) in [6.07, 6.45) is 2.38. The minimum Gasteiger partial charge on any atom is -0.444 e. The molecule has 176 valence electrons. The lowest BCUT2D eigenvalue weighted by atomic mass is 9.81. The third-order valence-corrected chi connectivity index (χ3v) is 5.38. The summed E-state index contributed by atoms with van der Waals surface area (Å²) in [5, 5.41) is 8.83. The van der Waals surface area contributed by atoms with Crippen molar-refractivity contribution in [2.24, 2.45) is 5.92 Å². The quantitative estimate of drug-likeness (QED) is 0.445. The van der Waals surface area contributed by atoms with Gasteiger partial charge < -0.3 is 25.6 Å². The highest BCUT2D eigenvalue weighted by Gasteiger charge is 2.37. The van der Waals surface area contributed by atoms with Crippen LogP contribution in [-0.2, 0) is 14.3 Å². The van der Waals surface area contributed by atoms with Crippen molar-refractivity contribution in [3.05, 3.63) is 23.5 Å². The van der Waals surface area contributed by atoms with Crippen molar-refractivity contribution in [1.82, 2.24) is 20.5 Å². The van der Waals surface area contributed by atoms with Crippen molar-refractivity contribution in [3.8, 4) is 0 Å². The van der Waals surface area contributed by atoms with Crippen LogP contribution in [0.15, 0.2) is 18.3 Å². The van der Waals surface area contributed by atoms with E-state index < -0.39 is 23.6 Å². The number of alkyl carbamates (subject to hydrolysis) is 1. The summed E-state index contributed by atoms with van der Waals surface area (Å²) in [7, 11) is 3.40. The van der Waals surface area contributed by atoms with E-state index >= 15 is 0 Å². The molecule has 1 aromatic heterocycles. The van der Waals surface area contributed by atoms with Gasteiger partial charge in [-0.05, 0) is 52.2 Å². The Kier molecular flexibility index (Phi) is 8.80. The maximum absolute atomic E-state index is 12.5. The van der Waals surface area contributed by atoms with Crippen LogP contribution in [0.3, 0.4) is 0 Å². The second-order valence-electron chi connectivity index (χ2n) is 8.90. The van der Waals surface area contributed by atoms with E-state index in [-0.39, 0.29) is 22.9 Å². The van der Waals surface area contributed by atoms with E-state index in [1.54, 1.807) is 51.9 Å². The summed E-state index contributed by atoms with van der Waals surface area (Å²) in [5.41, 5.74) is -0.213. The SMILES string of the molecule is CN(C)C(=O)[C@H]1CCC(NC(=S)C(=O)Nc2ccc(Cl)nc2)[C@H](NC(=O)OC(C)(C)C)C1. The van der Waals surface area contributed by atoms with E-state index in [0.717, 1.165) is 0 Å². The number of nitrogens with one attached hydrogen (secondary N) is 3. The monoisotopic (exact) mass is 483 g/mol. The van der Waals surface area contributed by atoms with Gasteiger partial charge in [0.15, 0.2) is 4.99 Å². The van der Waals surface area contributed by atoms with Crippen LogP contribution >= 0.6 is 23.8 Å². The van der Waals surface area contributed by atoms with Crippen molar-refractivity contribution >= 4 is 52.4 Å². The smallest absolute Gasteiger partial charge is 0.407 e. The zero-order chi connectivity index (χ0) is 24.1. The van der Waals surface area contributed by atoms with E-state index in [0.29, 0.717) is 30.1 Å². The molecule has 0 aliphatic heterocycles. The maximum atomic E-state index is 12.5. The first-order chi connectivity index (χ1) is 14.9. The maximum Gasteiger partial charge on any atom is 0.407 e. The van der Waals surface area contributed by atoms with Crippen LogP contribution in [0.4, 0.5) is 10.5 Å².